The molecule has 2 aromatic heterocycles. The van der Waals surface area contributed by atoms with Gasteiger partial charge in [0.15, 0.2) is 0 Å². The molecule has 0 aliphatic heterocycles. The molecule has 6 heteroatoms. The van der Waals surface area contributed by atoms with Crippen molar-refractivity contribution in [2.45, 2.75) is 13.2 Å². The van der Waals surface area contributed by atoms with Crippen LogP contribution in [0.1, 0.15) is 16.8 Å². The average molecular weight is 440 g/mol. The number of likely N-dealkylation sites (N-methyl/N-ethyl adjacent to an activating group) is 1. The van der Waals surface area contributed by atoms with Gasteiger partial charge in [-0.2, -0.15) is 0 Å². The Morgan fingerprint density at radius 3 is 2.71 bits per heavy atom. The summed E-state index contributed by atoms with van der Waals surface area (Å²) in [5.41, 5.74) is 3.02. The van der Waals surface area contributed by atoms with E-state index in [1.807, 2.05) is 66.4 Å². The van der Waals surface area contributed by atoms with Crippen LogP contribution in [-0.4, -0.2) is 27.4 Å². The van der Waals surface area contributed by atoms with Gasteiger partial charge >= 0.3 is 0 Å². The van der Waals surface area contributed by atoms with E-state index in [2.05, 4.69) is 20.9 Å². The molecule has 0 atom stereocenters. The molecule has 0 saturated heterocycles. The van der Waals surface area contributed by atoms with E-state index in [9.17, 15) is 4.79 Å². The number of halogens is 1. The summed E-state index contributed by atoms with van der Waals surface area (Å²) >= 11 is 3.45. The normalized spacial score (nSPS) is 11.0. The quantitative estimate of drug-likeness (QED) is 0.511. The maximum atomic E-state index is 12.4. The van der Waals surface area contributed by atoms with E-state index >= 15 is 0 Å². The Labute approximate surface area is 173 Å². The predicted molar refractivity (Wildman–Crippen MR) is 114 cm³/mol. The van der Waals surface area contributed by atoms with Crippen LogP contribution in [0.2, 0.25) is 0 Å². The smallest absolute Gasteiger partial charge is 0.246 e. The molecule has 0 spiro atoms. The zero-order valence-electron chi connectivity index (χ0n) is 15.9. The van der Waals surface area contributed by atoms with E-state index in [-0.39, 0.29) is 5.91 Å². The Morgan fingerprint density at radius 1 is 1.29 bits per heavy atom. The molecule has 0 bridgehead atoms. The number of pyridine rings is 1. The molecular weight excluding hydrogens is 418 g/mol. The molecule has 0 radical (unpaired) electrons. The molecule has 1 aromatic carbocycles. The average Bonchev–Trinajstić information content (AvgIpc) is 3.02. The second-order valence-corrected chi connectivity index (χ2v) is 7.42. The number of ether oxygens (including phenoxy) is 1. The highest BCUT2D eigenvalue weighted by atomic mass is 79.9. The van der Waals surface area contributed by atoms with Gasteiger partial charge in [0.25, 0.3) is 0 Å². The molecule has 0 fully saturated rings. The monoisotopic (exact) mass is 439 g/mol. The van der Waals surface area contributed by atoms with Crippen LogP contribution in [0.15, 0.2) is 71.6 Å². The summed E-state index contributed by atoms with van der Waals surface area (Å²) in [5.74, 6) is 0.730. The molecule has 3 rings (SSSR count). The number of benzene rings is 1. The first-order valence-electron chi connectivity index (χ1n) is 8.87. The molecule has 0 saturated carbocycles. The lowest BCUT2D eigenvalue weighted by atomic mass is 10.2. The van der Waals surface area contributed by atoms with E-state index in [0.717, 1.165) is 27.0 Å². The molecule has 0 aliphatic carbocycles. The summed E-state index contributed by atoms with van der Waals surface area (Å²) in [7, 11) is 3.76. The van der Waals surface area contributed by atoms with Crippen molar-refractivity contribution in [2.24, 2.45) is 7.05 Å². The zero-order valence-corrected chi connectivity index (χ0v) is 17.5. The first-order chi connectivity index (χ1) is 13.5. The maximum Gasteiger partial charge on any atom is 0.246 e. The number of hydrogen-bond acceptors (Lipinski definition) is 3. The van der Waals surface area contributed by atoms with E-state index in [1.54, 1.807) is 30.4 Å². The fraction of sp³-hybridized carbons (Fsp3) is 0.182. The number of aryl methyl sites for hydroxylation is 1. The molecule has 1 amide bonds. The third-order valence-electron chi connectivity index (χ3n) is 4.28. The van der Waals surface area contributed by atoms with Crippen molar-refractivity contribution in [2.75, 3.05) is 7.05 Å². The molecule has 28 heavy (non-hydrogen) atoms. The molecule has 2 heterocycles. The van der Waals surface area contributed by atoms with E-state index in [1.165, 1.54) is 0 Å². The molecule has 3 aromatic rings. The minimum Gasteiger partial charge on any atom is -0.489 e. The van der Waals surface area contributed by atoms with Crippen molar-refractivity contribution in [3.63, 3.8) is 0 Å². The minimum absolute atomic E-state index is 0.0470. The number of nitrogens with zero attached hydrogens (tertiary/aromatic N) is 3. The van der Waals surface area contributed by atoms with Gasteiger partial charge in [0, 0.05) is 54.5 Å². The van der Waals surface area contributed by atoms with Gasteiger partial charge in [0.05, 0.1) is 6.54 Å². The van der Waals surface area contributed by atoms with E-state index in [0.29, 0.717) is 13.2 Å². The van der Waals surface area contributed by atoms with Crippen LogP contribution in [0.4, 0.5) is 0 Å². The fourth-order valence-electron chi connectivity index (χ4n) is 2.66. The van der Waals surface area contributed by atoms with Crippen LogP contribution >= 0.6 is 15.9 Å². The van der Waals surface area contributed by atoms with Crippen molar-refractivity contribution in [1.29, 1.82) is 0 Å². The Morgan fingerprint density at radius 2 is 2.07 bits per heavy atom. The van der Waals surface area contributed by atoms with Gasteiger partial charge in [0.1, 0.15) is 12.4 Å². The molecule has 144 valence electrons. The van der Waals surface area contributed by atoms with Gasteiger partial charge in [-0.05, 0) is 51.8 Å². The second kappa shape index (κ2) is 9.37. The summed E-state index contributed by atoms with van der Waals surface area (Å²) in [4.78, 5) is 18.1. The summed E-state index contributed by atoms with van der Waals surface area (Å²) in [6.07, 6.45) is 8.89. The lowest BCUT2D eigenvalue weighted by Gasteiger charge is -2.15. The van der Waals surface area contributed by atoms with Crippen molar-refractivity contribution < 1.29 is 9.53 Å². The lowest BCUT2D eigenvalue weighted by Crippen LogP contribution is -2.25. The number of hydrogen-bond donors (Lipinski definition) is 0. The van der Waals surface area contributed by atoms with Gasteiger partial charge in [0.2, 0.25) is 5.91 Å². The molecule has 0 N–H and O–H groups in total. The van der Waals surface area contributed by atoms with Gasteiger partial charge < -0.3 is 14.2 Å². The van der Waals surface area contributed by atoms with Crippen LogP contribution < -0.4 is 4.74 Å². The Balaban J connectivity index is 1.53. The molecular formula is C22H22BrN3O2. The third kappa shape index (κ3) is 5.57. The van der Waals surface area contributed by atoms with Crippen LogP contribution in [-0.2, 0) is 25.0 Å². The van der Waals surface area contributed by atoms with Crippen molar-refractivity contribution in [3.05, 3.63) is 88.4 Å². The standard InChI is InChI=1S/C22H22BrN3O2/c1-25-14-19(23)12-20(25)15-26(2)22(27)10-7-17-5-8-21(9-6-17)28-16-18-4-3-11-24-13-18/h3-14H,15-16H2,1-2H3. The predicted octanol–water partition coefficient (Wildman–Crippen LogP) is 4.43. The highest BCUT2D eigenvalue weighted by Crippen LogP contribution is 2.16. The fourth-order valence-corrected chi connectivity index (χ4v) is 3.24. The topological polar surface area (TPSA) is 47.4 Å². The van der Waals surface area contributed by atoms with Crippen LogP contribution in [0.5, 0.6) is 5.75 Å². The van der Waals surface area contributed by atoms with Crippen LogP contribution in [0.3, 0.4) is 0 Å². The first-order valence-corrected chi connectivity index (χ1v) is 9.66. The number of carbonyl (C=O) groups excluding carboxylic acids is 1. The Bertz CT molecular complexity index is 950. The molecule has 5 nitrogen and oxygen atoms in total. The largest absolute Gasteiger partial charge is 0.489 e. The Kier molecular flexibility index (Phi) is 6.66. The van der Waals surface area contributed by atoms with Crippen LogP contribution in [0.25, 0.3) is 6.08 Å². The van der Waals surface area contributed by atoms with E-state index < -0.39 is 0 Å². The van der Waals surface area contributed by atoms with Crippen molar-refractivity contribution in [1.82, 2.24) is 14.5 Å². The minimum atomic E-state index is -0.0470. The maximum absolute atomic E-state index is 12.4. The number of rotatable bonds is 7. The highest BCUT2D eigenvalue weighted by molar-refractivity contribution is 9.10. The van der Waals surface area contributed by atoms with E-state index in [4.69, 9.17) is 4.74 Å². The highest BCUT2D eigenvalue weighted by Gasteiger charge is 2.09. The summed E-state index contributed by atoms with van der Waals surface area (Å²) < 4.78 is 8.75. The zero-order chi connectivity index (χ0) is 19.9. The van der Waals surface area contributed by atoms with Gasteiger partial charge in [-0.3, -0.25) is 9.78 Å². The SMILES string of the molecule is CN(Cc1cc(Br)cn1C)C(=O)C=Cc1ccc(OCc2cccnc2)cc1. The number of amides is 1. The number of carbonyl (C=O) groups is 1. The third-order valence-corrected chi connectivity index (χ3v) is 4.71. The summed E-state index contributed by atoms with van der Waals surface area (Å²) in [5, 5.41) is 0. The van der Waals surface area contributed by atoms with Crippen LogP contribution in [0, 0.1) is 0 Å². The lowest BCUT2D eigenvalue weighted by molar-refractivity contribution is -0.125. The summed E-state index contributed by atoms with van der Waals surface area (Å²) in [6, 6.07) is 13.5. The van der Waals surface area contributed by atoms with Crippen molar-refractivity contribution >= 4 is 27.9 Å². The Hall–Kier alpha value is -2.86. The molecule has 0 unspecified atom stereocenters. The van der Waals surface area contributed by atoms with Gasteiger partial charge in [-0.15, -0.1) is 0 Å². The van der Waals surface area contributed by atoms with Gasteiger partial charge in [-0.1, -0.05) is 18.2 Å². The first kappa shape index (κ1) is 19.9. The van der Waals surface area contributed by atoms with Crippen molar-refractivity contribution in [3.8, 4) is 5.75 Å². The number of aromatic nitrogens is 2. The molecule has 0 aliphatic rings. The summed E-state index contributed by atoms with van der Waals surface area (Å²) in [6.45, 7) is 1.02. The second-order valence-electron chi connectivity index (χ2n) is 6.51. The van der Waals surface area contributed by atoms with Gasteiger partial charge in [-0.25, -0.2) is 0 Å².